The highest BCUT2D eigenvalue weighted by Gasteiger charge is 2.61. The highest BCUT2D eigenvalue weighted by Crippen LogP contribution is 2.56. The molecule has 2 amide bonds. The Balaban J connectivity index is 1.28. The summed E-state index contributed by atoms with van der Waals surface area (Å²) in [4.78, 5) is 52.1. The molecule has 1 aliphatic heterocycles. The van der Waals surface area contributed by atoms with Crippen LogP contribution >= 0.6 is 0 Å². The van der Waals surface area contributed by atoms with E-state index in [0.717, 1.165) is 19.3 Å². The summed E-state index contributed by atoms with van der Waals surface area (Å²) in [5.74, 6) is -0.832. The van der Waals surface area contributed by atoms with Crippen molar-refractivity contribution in [3.8, 4) is 0 Å². The van der Waals surface area contributed by atoms with Crippen molar-refractivity contribution in [2.75, 3.05) is 4.90 Å². The van der Waals surface area contributed by atoms with E-state index < -0.39 is 12.1 Å². The highest BCUT2D eigenvalue weighted by atomic mass is 16.5. The monoisotopic (exact) mass is 417 g/mol. The molecule has 0 N–H and O–H groups in total. The quantitative estimate of drug-likeness (QED) is 0.421. The number of ketones is 1. The first-order valence-electron chi connectivity index (χ1n) is 10.7. The van der Waals surface area contributed by atoms with E-state index in [1.165, 1.54) is 24.0 Å². The van der Waals surface area contributed by atoms with Gasteiger partial charge in [-0.2, -0.15) is 0 Å². The lowest BCUT2D eigenvalue weighted by Gasteiger charge is -2.19. The number of benzene rings is 2. The second-order valence-electron chi connectivity index (χ2n) is 8.72. The van der Waals surface area contributed by atoms with Gasteiger partial charge in [0.2, 0.25) is 17.6 Å². The minimum Gasteiger partial charge on any atom is -0.451 e. The largest absolute Gasteiger partial charge is 0.451 e. The van der Waals surface area contributed by atoms with Crippen LogP contribution < -0.4 is 4.90 Å². The fourth-order valence-electron chi connectivity index (χ4n) is 5.53. The number of carbonyl (C=O) groups excluding carboxylic acids is 4. The minimum atomic E-state index is -0.925. The zero-order chi connectivity index (χ0) is 21.7. The molecule has 2 aromatic carbocycles. The van der Waals surface area contributed by atoms with Crippen molar-refractivity contribution in [3.05, 3.63) is 65.7 Å². The highest BCUT2D eigenvalue weighted by molar-refractivity contribution is 6.22. The molecule has 31 heavy (non-hydrogen) atoms. The molecule has 2 aliphatic carbocycles. The van der Waals surface area contributed by atoms with E-state index in [2.05, 4.69) is 0 Å². The van der Waals surface area contributed by atoms with Gasteiger partial charge in [0.05, 0.1) is 23.1 Å². The fraction of sp³-hybridized carbons (Fsp3) is 0.360. The summed E-state index contributed by atoms with van der Waals surface area (Å²) in [5, 5.41) is 0. The standard InChI is InChI=1S/C25H23NO5/c1-14(22(27)15-5-3-2-4-6-15)31-25(30)16-9-11-19(12-10-16)26-23(28)20-17-7-8-18(13-17)21(20)24(26)29/h2-6,9-12,14,17-18,20-21H,7-8,13H2,1H3/t14-,17-,18-,20-,21+/m0/s1. The molecule has 2 aromatic rings. The van der Waals surface area contributed by atoms with Crippen LogP contribution in [0.4, 0.5) is 5.69 Å². The van der Waals surface area contributed by atoms with Gasteiger partial charge in [0.1, 0.15) is 0 Å². The number of imide groups is 1. The summed E-state index contributed by atoms with van der Waals surface area (Å²) in [7, 11) is 0. The zero-order valence-electron chi connectivity index (χ0n) is 17.2. The second kappa shape index (κ2) is 7.45. The van der Waals surface area contributed by atoms with Gasteiger partial charge in [-0.05, 0) is 62.3 Å². The molecule has 3 fully saturated rings. The number of hydrogen-bond acceptors (Lipinski definition) is 5. The minimum absolute atomic E-state index is 0.111. The molecule has 0 aromatic heterocycles. The van der Waals surface area contributed by atoms with Crippen molar-refractivity contribution in [2.45, 2.75) is 32.3 Å². The van der Waals surface area contributed by atoms with Crippen LogP contribution in [-0.4, -0.2) is 29.7 Å². The number of hydrogen-bond donors (Lipinski definition) is 0. The molecule has 2 bridgehead atoms. The van der Waals surface area contributed by atoms with Gasteiger partial charge in [0, 0.05) is 5.56 Å². The number of nitrogens with zero attached hydrogens (tertiary/aromatic N) is 1. The van der Waals surface area contributed by atoms with Gasteiger partial charge in [-0.3, -0.25) is 19.3 Å². The lowest BCUT2D eigenvalue weighted by Crippen LogP contribution is -2.32. The predicted molar refractivity (Wildman–Crippen MR) is 112 cm³/mol. The third-order valence-corrected chi connectivity index (χ3v) is 7.00. The van der Waals surface area contributed by atoms with E-state index >= 15 is 0 Å². The molecule has 5 rings (SSSR count). The van der Waals surface area contributed by atoms with Crippen molar-refractivity contribution in [2.24, 2.45) is 23.7 Å². The summed E-state index contributed by atoms with van der Waals surface area (Å²) >= 11 is 0. The summed E-state index contributed by atoms with van der Waals surface area (Å²) in [6, 6.07) is 14.9. The van der Waals surface area contributed by atoms with Crippen LogP contribution in [0, 0.1) is 23.7 Å². The summed E-state index contributed by atoms with van der Waals surface area (Å²) in [6.07, 6.45) is 2.13. The molecular weight excluding hydrogens is 394 g/mol. The molecule has 6 heteroatoms. The molecule has 6 nitrogen and oxygen atoms in total. The van der Waals surface area contributed by atoms with E-state index in [1.54, 1.807) is 36.4 Å². The van der Waals surface area contributed by atoms with Crippen LogP contribution in [0.3, 0.4) is 0 Å². The molecule has 0 unspecified atom stereocenters. The van der Waals surface area contributed by atoms with Gasteiger partial charge in [0.15, 0.2) is 6.10 Å². The number of amides is 2. The van der Waals surface area contributed by atoms with E-state index in [0.29, 0.717) is 23.1 Å². The van der Waals surface area contributed by atoms with Gasteiger partial charge in [0.25, 0.3) is 0 Å². The van der Waals surface area contributed by atoms with Gasteiger partial charge in [-0.15, -0.1) is 0 Å². The second-order valence-corrected chi connectivity index (χ2v) is 8.72. The van der Waals surface area contributed by atoms with Crippen molar-refractivity contribution in [3.63, 3.8) is 0 Å². The summed E-state index contributed by atoms with van der Waals surface area (Å²) < 4.78 is 5.32. The van der Waals surface area contributed by atoms with E-state index in [9.17, 15) is 19.2 Å². The van der Waals surface area contributed by atoms with E-state index in [4.69, 9.17) is 4.74 Å². The van der Waals surface area contributed by atoms with Crippen LogP contribution in [0.2, 0.25) is 0 Å². The van der Waals surface area contributed by atoms with E-state index in [1.807, 2.05) is 6.07 Å². The van der Waals surface area contributed by atoms with Crippen molar-refractivity contribution >= 4 is 29.3 Å². The Bertz CT molecular complexity index is 1030. The third-order valence-electron chi connectivity index (χ3n) is 7.00. The van der Waals surface area contributed by atoms with Crippen LogP contribution in [0.25, 0.3) is 0 Å². The average Bonchev–Trinajstić information content (AvgIpc) is 3.47. The van der Waals surface area contributed by atoms with Crippen LogP contribution in [0.1, 0.15) is 46.9 Å². The molecule has 1 heterocycles. The molecule has 158 valence electrons. The SMILES string of the molecule is C[C@H](OC(=O)c1ccc(N2C(=O)[C@@H]3[C@H]4CC[C@@H](C4)[C@@H]3C2=O)cc1)C(=O)c1ccccc1. The molecule has 2 saturated carbocycles. The Labute approximate surface area is 180 Å². The first-order chi connectivity index (χ1) is 15.0. The average molecular weight is 417 g/mol. The lowest BCUT2D eigenvalue weighted by molar-refractivity contribution is -0.123. The Morgan fingerprint density at radius 2 is 1.45 bits per heavy atom. The molecule has 3 aliphatic rings. The van der Waals surface area contributed by atoms with Crippen molar-refractivity contribution in [1.82, 2.24) is 0 Å². The first kappa shape index (κ1) is 19.7. The van der Waals surface area contributed by atoms with Gasteiger partial charge >= 0.3 is 5.97 Å². The fourth-order valence-corrected chi connectivity index (χ4v) is 5.53. The number of ether oxygens (including phenoxy) is 1. The molecule has 0 spiro atoms. The number of anilines is 1. The first-order valence-corrected chi connectivity index (χ1v) is 10.7. The van der Waals surface area contributed by atoms with Gasteiger partial charge < -0.3 is 4.74 Å². The maximum Gasteiger partial charge on any atom is 0.338 e. The van der Waals surface area contributed by atoms with Crippen molar-refractivity contribution in [1.29, 1.82) is 0 Å². The Morgan fingerprint density at radius 1 is 0.871 bits per heavy atom. The smallest absolute Gasteiger partial charge is 0.338 e. The number of fused-ring (bicyclic) bond motifs is 5. The number of carbonyl (C=O) groups is 4. The lowest BCUT2D eigenvalue weighted by atomic mass is 9.81. The summed E-state index contributed by atoms with van der Waals surface area (Å²) in [6.45, 7) is 1.54. The Kier molecular flexibility index (Phi) is 4.73. The molecule has 5 atom stereocenters. The zero-order valence-corrected chi connectivity index (χ0v) is 17.2. The Morgan fingerprint density at radius 3 is 2.03 bits per heavy atom. The topological polar surface area (TPSA) is 80.8 Å². The van der Waals surface area contributed by atoms with Crippen LogP contribution in [0.5, 0.6) is 0 Å². The maximum absolute atomic E-state index is 12.9. The van der Waals surface area contributed by atoms with Crippen molar-refractivity contribution < 1.29 is 23.9 Å². The number of esters is 1. The van der Waals surface area contributed by atoms with E-state index in [-0.39, 0.29) is 35.0 Å². The molecule has 1 saturated heterocycles. The van der Waals surface area contributed by atoms with Gasteiger partial charge in [-0.1, -0.05) is 30.3 Å². The number of rotatable bonds is 5. The van der Waals surface area contributed by atoms with Crippen LogP contribution in [-0.2, 0) is 14.3 Å². The third kappa shape index (κ3) is 3.17. The maximum atomic E-state index is 12.9. The van der Waals surface area contributed by atoms with Crippen LogP contribution in [0.15, 0.2) is 54.6 Å². The molecular formula is C25H23NO5. The van der Waals surface area contributed by atoms with Gasteiger partial charge in [-0.25, -0.2) is 4.79 Å². The normalized spacial score (nSPS) is 27.3. The summed E-state index contributed by atoms with van der Waals surface area (Å²) in [5.41, 5.74) is 1.22. The number of Topliss-reactive ketones (excluding diaryl/α,β-unsaturated/α-hetero) is 1. The Hall–Kier alpha value is -3.28. The predicted octanol–water partition coefficient (Wildman–Crippen LogP) is 3.65. The molecule has 0 radical (unpaired) electrons.